The second-order valence-corrected chi connectivity index (χ2v) is 4.93. The first-order chi connectivity index (χ1) is 9.25. The van der Waals surface area contributed by atoms with Crippen LogP contribution in [0, 0.1) is 0 Å². The number of anilines is 1. The number of para-hydroxylation sites is 2. The van der Waals surface area contributed by atoms with Crippen molar-refractivity contribution in [3.05, 3.63) is 66.4 Å². The molecule has 0 aliphatic heterocycles. The van der Waals surface area contributed by atoms with Gasteiger partial charge in [-0.2, -0.15) is 0 Å². The Morgan fingerprint density at radius 1 is 0.947 bits per heavy atom. The van der Waals surface area contributed by atoms with Gasteiger partial charge in [-0.1, -0.05) is 36.4 Å². The third-order valence-corrected chi connectivity index (χ3v) is 3.75. The Morgan fingerprint density at radius 2 is 1.63 bits per heavy atom. The molecular formula is C17H18N2. The zero-order chi connectivity index (χ0) is 13.2. The topological polar surface area (TPSA) is 19.0 Å². The maximum atomic E-state index is 3.50. The Morgan fingerprint density at radius 3 is 2.37 bits per heavy atom. The molecule has 3 aromatic rings. The van der Waals surface area contributed by atoms with Gasteiger partial charge in [-0.25, -0.2) is 0 Å². The fraction of sp³-hybridized carbons (Fsp3) is 0.176. The molecule has 2 nitrogen and oxygen atoms in total. The standard InChI is InChI=1S/C17H18N2/c1-13(19(2)15-9-4-3-5-10-15)17-12-14-8-6-7-11-16(14)18-17/h3-13,18H,1-2H3. The molecule has 0 fully saturated rings. The van der Waals surface area contributed by atoms with E-state index in [1.807, 2.05) is 6.07 Å². The van der Waals surface area contributed by atoms with Gasteiger partial charge in [0.2, 0.25) is 0 Å². The molecule has 2 aromatic carbocycles. The molecule has 96 valence electrons. The lowest BCUT2D eigenvalue weighted by Gasteiger charge is -2.26. The van der Waals surface area contributed by atoms with Gasteiger partial charge in [0.15, 0.2) is 0 Å². The van der Waals surface area contributed by atoms with E-state index in [1.165, 1.54) is 22.3 Å². The lowest BCUT2D eigenvalue weighted by molar-refractivity contribution is 0.722. The van der Waals surface area contributed by atoms with Gasteiger partial charge in [-0.05, 0) is 36.6 Å². The van der Waals surface area contributed by atoms with Crippen molar-refractivity contribution in [1.82, 2.24) is 4.98 Å². The maximum absolute atomic E-state index is 3.50. The fourth-order valence-electron chi connectivity index (χ4n) is 2.42. The van der Waals surface area contributed by atoms with Crippen molar-refractivity contribution in [2.45, 2.75) is 13.0 Å². The lowest BCUT2D eigenvalue weighted by Crippen LogP contribution is -2.21. The second kappa shape index (κ2) is 4.81. The average Bonchev–Trinajstić information content (AvgIpc) is 2.90. The van der Waals surface area contributed by atoms with Gasteiger partial charge in [-0.3, -0.25) is 0 Å². The third-order valence-electron chi connectivity index (χ3n) is 3.75. The molecular weight excluding hydrogens is 232 g/mol. The minimum absolute atomic E-state index is 0.315. The molecule has 0 saturated carbocycles. The zero-order valence-corrected chi connectivity index (χ0v) is 11.3. The molecule has 1 aromatic heterocycles. The highest BCUT2D eigenvalue weighted by atomic mass is 15.1. The number of aromatic nitrogens is 1. The van der Waals surface area contributed by atoms with Crippen LogP contribution in [0.3, 0.4) is 0 Å². The van der Waals surface area contributed by atoms with Crippen molar-refractivity contribution in [3.63, 3.8) is 0 Å². The van der Waals surface area contributed by atoms with Crippen LogP contribution >= 0.6 is 0 Å². The fourth-order valence-corrected chi connectivity index (χ4v) is 2.42. The molecule has 0 spiro atoms. The normalized spacial score (nSPS) is 12.5. The Balaban J connectivity index is 1.93. The number of hydrogen-bond donors (Lipinski definition) is 1. The second-order valence-electron chi connectivity index (χ2n) is 4.93. The first kappa shape index (κ1) is 11.8. The highest BCUT2D eigenvalue weighted by Crippen LogP contribution is 2.26. The minimum atomic E-state index is 0.315. The molecule has 1 N–H and O–H groups in total. The number of nitrogens with one attached hydrogen (secondary N) is 1. The summed E-state index contributed by atoms with van der Waals surface area (Å²) in [5, 5.41) is 1.27. The van der Waals surface area contributed by atoms with Gasteiger partial charge in [0, 0.05) is 23.9 Å². The summed E-state index contributed by atoms with van der Waals surface area (Å²) in [6.45, 7) is 2.22. The summed E-state index contributed by atoms with van der Waals surface area (Å²) in [5.74, 6) is 0. The predicted octanol–water partition coefficient (Wildman–Crippen LogP) is 4.37. The van der Waals surface area contributed by atoms with E-state index in [0.717, 1.165) is 0 Å². The van der Waals surface area contributed by atoms with Crippen LogP contribution in [-0.4, -0.2) is 12.0 Å². The SMILES string of the molecule is CC(c1cc2ccccc2[nH]1)N(C)c1ccccc1. The Labute approximate surface area is 113 Å². The van der Waals surface area contributed by atoms with Crippen molar-refractivity contribution in [1.29, 1.82) is 0 Å². The largest absolute Gasteiger partial charge is 0.366 e. The van der Waals surface area contributed by atoms with Crippen molar-refractivity contribution in [2.75, 3.05) is 11.9 Å². The van der Waals surface area contributed by atoms with Crippen LogP contribution in [0.15, 0.2) is 60.7 Å². The first-order valence-corrected chi connectivity index (χ1v) is 6.61. The summed E-state index contributed by atoms with van der Waals surface area (Å²) in [7, 11) is 2.13. The number of fused-ring (bicyclic) bond motifs is 1. The Bertz CT molecular complexity index is 637. The van der Waals surface area contributed by atoms with Gasteiger partial charge < -0.3 is 9.88 Å². The van der Waals surface area contributed by atoms with Gasteiger partial charge in [0.1, 0.15) is 0 Å². The van der Waals surface area contributed by atoms with Crippen molar-refractivity contribution in [3.8, 4) is 0 Å². The maximum Gasteiger partial charge on any atom is 0.0660 e. The van der Waals surface area contributed by atoms with Gasteiger partial charge in [-0.15, -0.1) is 0 Å². The minimum Gasteiger partial charge on any atom is -0.366 e. The van der Waals surface area contributed by atoms with E-state index >= 15 is 0 Å². The number of aromatic amines is 1. The van der Waals surface area contributed by atoms with Gasteiger partial charge in [0.05, 0.1) is 6.04 Å². The van der Waals surface area contributed by atoms with Crippen molar-refractivity contribution >= 4 is 16.6 Å². The van der Waals surface area contributed by atoms with Crippen molar-refractivity contribution < 1.29 is 0 Å². The molecule has 2 heteroatoms. The third kappa shape index (κ3) is 2.22. The van der Waals surface area contributed by atoms with E-state index in [9.17, 15) is 0 Å². The Hall–Kier alpha value is -2.22. The summed E-state index contributed by atoms with van der Waals surface area (Å²) in [6.07, 6.45) is 0. The highest BCUT2D eigenvalue weighted by molar-refractivity contribution is 5.80. The van der Waals surface area contributed by atoms with Gasteiger partial charge in [0.25, 0.3) is 0 Å². The molecule has 0 aliphatic carbocycles. The van der Waals surface area contributed by atoms with Crippen LogP contribution < -0.4 is 4.90 Å². The van der Waals surface area contributed by atoms with Crippen LogP contribution in [0.25, 0.3) is 10.9 Å². The molecule has 1 atom stereocenters. The highest BCUT2D eigenvalue weighted by Gasteiger charge is 2.14. The Kier molecular flexibility index (Phi) is 3.00. The number of rotatable bonds is 3. The summed E-state index contributed by atoms with van der Waals surface area (Å²) in [5.41, 5.74) is 3.67. The zero-order valence-electron chi connectivity index (χ0n) is 11.3. The monoisotopic (exact) mass is 250 g/mol. The van der Waals surface area contributed by atoms with Crippen LogP contribution in [0.1, 0.15) is 18.7 Å². The van der Waals surface area contributed by atoms with Crippen LogP contribution in [0.5, 0.6) is 0 Å². The van der Waals surface area contributed by atoms with E-state index in [4.69, 9.17) is 0 Å². The van der Waals surface area contributed by atoms with Crippen LogP contribution in [0.4, 0.5) is 5.69 Å². The molecule has 1 unspecified atom stereocenters. The lowest BCUT2D eigenvalue weighted by atomic mass is 10.1. The van der Waals surface area contributed by atoms with E-state index in [1.54, 1.807) is 0 Å². The molecule has 0 saturated heterocycles. The number of H-pyrrole nitrogens is 1. The van der Waals surface area contributed by atoms with E-state index in [-0.39, 0.29) is 0 Å². The smallest absolute Gasteiger partial charge is 0.0660 e. The molecule has 0 amide bonds. The summed E-state index contributed by atoms with van der Waals surface area (Å²) in [6, 6.07) is 21.4. The van der Waals surface area contributed by atoms with Crippen molar-refractivity contribution in [2.24, 2.45) is 0 Å². The number of nitrogens with zero attached hydrogens (tertiary/aromatic N) is 1. The molecule has 0 radical (unpaired) electrons. The quantitative estimate of drug-likeness (QED) is 0.731. The van der Waals surface area contributed by atoms with Crippen LogP contribution in [0.2, 0.25) is 0 Å². The predicted molar refractivity (Wildman–Crippen MR) is 81.6 cm³/mol. The van der Waals surface area contributed by atoms with Crippen LogP contribution in [-0.2, 0) is 0 Å². The first-order valence-electron chi connectivity index (χ1n) is 6.61. The van der Waals surface area contributed by atoms with E-state index < -0.39 is 0 Å². The summed E-state index contributed by atoms with van der Waals surface area (Å²) < 4.78 is 0. The van der Waals surface area contributed by atoms with E-state index in [0.29, 0.717) is 6.04 Å². The molecule has 0 aliphatic rings. The number of benzene rings is 2. The summed E-state index contributed by atoms with van der Waals surface area (Å²) in [4.78, 5) is 5.79. The summed E-state index contributed by atoms with van der Waals surface area (Å²) >= 11 is 0. The van der Waals surface area contributed by atoms with E-state index in [2.05, 4.69) is 78.5 Å². The molecule has 3 rings (SSSR count). The van der Waals surface area contributed by atoms with Gasteiger partial charge >= 0.3 is 0 Å². The average molecular weight is 250 g/mol. The molecule has 1 heterocycles. The number of hydrogen-bond acceptors (Lipinski definition) is 1. The molecule has 0 bridgehead atoms. The molecule has 19 heavy (non-hydrogen) atoms.